The zero-order chi connectivity index (χ0) is 12.8. The minimum atomic E-state index is 0.659. The van der Waals surface area contributed by atoms with Crippen molar-refractivity contribution < 1.29 is 9.53 Å². The highest BCUT2D eigenvalue weighted by atomic mass is 16.5. The van der Waals surface area contributed by atoms with Crippen molar-refractivity contribution >= 4 is 16.7 Å². The van der Waals surface area contributed by atoms with Crippen LogP contribution in [0.2, 0.25) is 0 Å². The van der Waals surface area contributed by atoms with Crippen molar-refractivity contribution in [2.45, 2.75) is 19.9 Å². The first-order valence-electron chi connectivity index (χ1n) is 6.25. The molecule has 5 heteroatoms. The fraction of sp³-hybridized carbons (Fsp3) is 0.462. The molecule has 0 unspecified atom stereocenters. The first kappa shape index (κ1) is 12.7. The quantitative estimate of drug-likeness (QED) is 0.619. The second-order valence-corrected chi connectivity index (χ2v) is 4.08. The Morgan fingerprint density at radius 3 is 2.89 bits per heavy atom. The number of anilines is 1. The molecule has 1 N–H and O–H groups in total. The van der Waals surface area contributed by atoms with Crippen LogP contribution < -0.4 is 10.1 Å². The minimum Gasteiger partial charge on any atom is -0.383 e. The Bertz CT molecular complexity index is 515. The predicted octanol–water partition coefficient (Wildman–Crippen LogP) is 1.39. The van der Waals surface area contributed by atoms with Gasteiger partial charge in [-0.25, -0.2) is 0 Å². The molecular weight excluding hydrogens is 228 g/mol. The van der Waals surface area contributed by atoms with Gasteiger partial charge in [0.1, 0.15) is 5.52 Å². The van der Waals surface area contributed by atoms with Crippen molar-refractivity contribution in [3.63, 3.8) is 0 Å². The number of hydrogen-bond acceptors (Lipinski definition) is 4. The Kier molecular flexibility index (Phi) is 4.41. The molecule has 2 aromatic rings. The molecular formula is C13H19N4O+. The van der Waals surface area contributed by atoms with Gasteiger partial charge in [-0.3, -0.25) is 0 Å². The lowest BCUT2D eigenvalue weighted by molar-refractivity contribution is -0.804. The van der Waals surface area contributed by atoms with Gasteiger partial charge in [-0.1, -0.05) is 19.1 Å². The number of ether oxygens (including phenoxy) is 1. The molecule has 1 aromatic carbocycles. The first-order valence-corrected chi connectivity index (χ1v) is 6.25. The number of rotatable bonds is 6. The van der Waals surface area contributed by atoms with E-state index in [1.54, 1.807) is 11.9 Å². The average molecular weight is 247 g/mol. The Morgan fingerprint density at radius 1 is 1.28 bits per heavy atom. The van der Waals surface area contributed by atoms with E-state index in [9.17, 15) is 0 Å². The van der Waals surface area contributed by atoms with Crippen LogP contribution in [0.25, 0.3) is 10.9 Å². The van der Waals surface area contributed by atoms with Crippen LogP contribution in [0.4, 0.5) is 5.82 Å². The Labute approximate surface area is 107 Å². The molecule has 0 saturated heterocycles. The van der Waals surface area contributed by atoms with E-state index in [-0.39, 0.29) is 0 Å². The van der Waals surface area contributed by atoms with Gasteiger partial charge in [0.2, 0.25) is 12.4 Å². The molecule has 0 aliphatic heterocycles. The molecule has 0 spiro atoms. The zero-order valence-electron chi connectivity index (χ0n) is 10.9. The summed E-state index contributed by atoms with van der Waals surface area (Å²) in [6.07, 6.45) is 1.01. The molecule has 0 amide bonds. The van der Waals surface area contributed by atoms with E-state index in [2.05, 4.69) is 22.4 Å². The fourth-order valence-electron chi connectivity index (χ4n) is 1.78. The van der Waals surface area contributed by atoms with Gasteiger partial charge in [-0.05, 0) is 12.1 Å². The number of fused-ring (bicyclic) bond motifs is 1. The van der Waals surface area contributed by atoms with Crippen LogP contribution in [0, 0.1) is 0 Å². The Balaban J connectivity index is 2.34. The van der Waals surface area contributed by atoms with Crippen molar-refractivity contribution in [3.05, 3.63) is 24.3 Å². The lowest BCUT2D eigenvalue weighted by atomic mass is 10.2. The van der Waals surface area contributed by atoms with Gasteiger partial charge in [0.25, 0.3) is 0 Å². The third-order valence-corrected chi connectivity index (χ3v) is 2.62. The summed E-state index contributed by atoms with van der Waals surface area (Å²) in [5.74, 6) is 0.867. The largest absolute Gasteiger partial charge is 0.383 e. The fourth-order valence-corrected chi connectivity index (χ4v) is 1.78. The summed E-state index contributed by atoms with van der Waals surface area (Å²) in [7, 11) is 1.69. The summed E-state index contributed by atoms with van der Waals surface area (Å²) in [5.41, 5.74) is 0.959. The van der Waals surface area contributed by atoms with E-state index in [1.165, 1.54) is 0 Å². The summed E-state index contributed by atoms with van der Waals surface area (Å²) >= 11 is 0. The van der Waals surface area contributed by atoms with Crippen molar-refractivity contribution in [1.29, 1.82) is 0 Å². The Hall–Kier alpha value is -1.75. The summed E-state index contributed by atoms with van der Waals surface area (Å²) in [6.45, 7) is 4.34. The van der Waals surface area contributed by atoms with Crippen LogP contribution >= 0.6 is 0 Å². The molecule has 0 aliphatic carbocycles. The molecule has 0 atom stereocenters. The van der Waals surface area contributed by atoms with Crippen LogP contribution in [-0.4, -0.2) is 30.5 Å². The zero-order valence-corrected chi connectivity index (χ0v) is 10.9. The van der Waals surface area contributed by atoms with Gasteiger partial charge in [-0.2, -0.15) is 0 Å². The molecule has 96 valence electrons. The third kappa shape index (κ3) is 2.92. The second kappa shape index (κ2) is 6.26. The van der Waals surface area contributed by atoms with Gasteiger partial charge in [0.05, 0.1) is 12.0 Å². The van der Waals surface area contributed by atoms with Crippen LogP contribution in [0.3, 0.4) is 0 Å². The summed E-state index contributed by atoms with van der Waals surface area (Å²) < 4.78 is 5.04. The number of hydrogen-bond donors (Lipinski definition) is 1. The molecule has 0 radical (unpaired) electrons. The van der Waals surface area contributed by atoms with Crippen LogP contribution in [0.15, 0.2) is 24.3 Å². The number of benzene rings is 1. The molecule has 18 heavy (non-hydrogen) atoms. The van der Waals surface area contributed by atoms with Gasteiger partial charge in [0.15, 0.2) is 0 Å². The smallest absolute Gasteiger partial charge is 0.206 e. The maximum Gasteiger partial charge on any atom is 0.206 e. The third-order valence-electron chi connectivity index (χ3n) is 2.62. The normalized spacial score (nSPS) is 10.8. The molecule has 0 aliphatic rings. The molecule has 1 aromatic heterocycles. The number of aromatic nitrogens is 3. The number of nitrogens with one attached hydrogen (secondary N) is 1. The highest BCUT2D eigenvalue weighted by Gasteiger charge is 2.12. The van der Waals surface area contributed by atoms with Crippen molar-refractivity contribution in [1.82, 2.24) is 10.2 Å². The number of aryl methyl sites for hydroxylation is 1. The lowest BCUT2D eigenvalue weighted by Crippen LogP contribution is -2.42. The molecule has 0 bridgehead atoms. The van der Waals surface area contributed by atoms with E-state index < -0.39 is 0 Å². The molecule has 2 rings (SSSR count). The molecule has 5 nitrogen and oxygen atoms in total. The second-order valence-electron chi connectivity index (χ2n) is 4.08. The van der Waals surface area contributed by atoms with Crippen LogP contribution in [0.5, 0.6) is 0 Å². The van der Waals surface area contributed by atoms with E-state index in [0.717, 1.165) is 36.2 Å². The standard InChI is InChI=1S/C13H19N4O/c1-3-9-17-15-12-7-5-4-6-11(12)13(16-17)14-8-10-18-2/h4-7H,3,8-10H2,1-2H3,(H,14,15,16)/q+1. The SMILES string of the molecule is CCC[n+]1nc(NCCOC)c2ccccc2n1. The summed E-state index contributed by atoms with van der Waals surface area (Å²) in [5, 5.41) is 13.3. The molecule has 0 saturated carbocycles. The topological polar surface area (TPSA) is 50.9 Å². The average Bonchev–Trinajstić information content (AvgIpc) is 2.39. The van der Waals surface area contributed by atoms with Crippen LogP contribution in [0.1, 0.15) is 13.3 Å². The van der Waals surface area contributed by atoms with Gasteiger partial charge in [0, 0.05) is 35.1 Å². The van der Waals surface area contributed by atoms with Gasteiger partial charge >= 0.3 is 0 Å². The van der Waals surface area contributed by atoms with Crippen molar-refractivity contribution in [3.8, 4) is 0 Å². The monoisotopic (exact) mass is 247 g/mol. The molecule has 0 fully saturated rings. The molecule has 1 heterocycles. The number of methoxy groups -OCH3 is 1. The highest BCUT2D eigenvalue weighted by Crippen LogP contribution is 2.16. The van der Waals surface area contributed by atoms with E-state index in [4.69, 9.17) is 4.74 Å². The Morgan fingerprint density at radius 2 is 2.11 bits per heavy atom. The highest BCUT2D eigenvalue weighted by molar-refractivity contribution is 5.87. The summed E-state index contributed by atoms with van der Waals surface area (Å²) in [6, 6.07) is 8.02. The van der Waals surface area contributed by atoms with Crippen LogP contribution in [-0.2, 0) is 11.3 Å². The lowest BCUT2D eigenvalue weighted by Gasteiger charge is -2.05. The van der Waals surface area contributed by atoms with E-state index in [0.29, 0.717) is 6.61 Å². The van der Waals surface area contributed by atoms with Gasteiger partial charge < -0.3 is 10.1 Å². The van der Waals surface area contributed by atoms with E-state index in [1.807, 2.05) is 24.3 Å². The summed E-state index contributed by atoms with van der Waals surface area (Å²) in [4.78, 5) is 1.75. The minimum absolute atomic E-state index is 0.659. The maximum absolute atomic E-state index is 5.04. The van der Waals surface area contributed by atoms with E-state index >= 15 is 0 Å². The van der Waals surface area contributed by atoms with Crippen molar-refractivity contribution in [2.75, 3.05) is 25.6 Å². The predicted molar refractivity (Wildman–Crippen MR) is 70.4 cm³/mol. The number of nitrogens with zero attached hydrogens (tertiary/aromatic N) is 3. The van der Waals surface area contributed by atoms with Gasteiger partial charge in [-0.15, -0.1) is 0 Å². The first-order chi connectivity index (χ1) is 8.85. The maximum atomic E-state index is 5.04. The van der Waals surface area contributed by atoms with Crippen molar-refractivity contribution in [2.24, 2.45) is 0 Å².